The summed E-state index contributed by atoms with van der Waals surface area (Å²) in [6.07, 6.45) is 3.41. The molecule has 0 saturated carbocycles. The Hall–Kier alpha value is -3.16. The molecular formula is C15H12N2O6. The van der Waals surface area contributed by atoms with Gasteiger partial charge in [0, 0.05) is 23.3 Å². The summed E-state index contributed by atoms with van der Waals surface area (Å²) in [7, 11) is 1.47. The molecule has 0 radical (unpaired) electrons. The molecule has 0 aromatic heterocycles. The molecule has 1 heterocycles. The number of ether oxygens (including phenoxy) is 2. The standard InChI is InChI=1S/C15H12N2O6/c1-22-13-4-2-3-9-8-12(17(20)21)14(23-15(9)13)10-5-6-11(7-10)16(18)19/h2-5,7-8,14H,6H2,1H3. The van der Waals surface area contributed by atoms with Gasteiger partial charge in [0.15, 0.2) is 11.5 Å². The number of para-hydroxylation sites is 1. The highest BCUT2D eigenvalue weighted by atomic mass is 16.6. The van der Waals surface area contributed by atoms with E-state index in [4.69, 9.17) is 9.47 Å². The Morgan fingerprint density at radius 3 is 2.61 bits per heavy atom. The van der Waals surface area contributed by atoms with Crippen molar-refractivity contribution >= 4 is 6.08 Å². The van der Waals surface area contributed by atoms with Crippen molar-refractivity contribution in [1.82, 2.24) is 0 Å². The Morgan fingerprint density at radius 2 is 2.00 bits per heavy atom. The van der Waals surface area contributed by atoms with Crippen LogP contribution in [0.3, 0.4) is 0 Å². The minimum absolute atomic E-state index is 0.0166. The van der Waals surface area contributed by atoms with Crippen LogP contribution in [0.15, 0.2) is 47.3 Å². The molecule has 1 atom stereocenters. The van der Waals surface area contributed by atoms with Crippen LogP contribution in [0.5, 0.6) is 11.5 Å². The van der Waals surface area contributed by atoms with Gasteiger partial charge in [0.25, 0.3) is 5.70 Å². The number of fused-ring (bicyclic) bond motifs is 1. The molecule has 8 heteroatoms. The molecule has 23 heavy (non-hydrogen) atoms. The van der Waals surface area contributed by atoms with Gasteiger partial charge < -0.3 is 9.47 Å². The SMILES string of the molecule is COc1cccc2c1OC(C1=CCC([N+](=O)[O-])=C1)C([N+](=O)[O-])=C2. The Kier molecular flexibility index (Phi) is 3.57. The van der Waals surface area contributed by atoms with E-state index in [1.807, 2.05) is 0 Å². The highest BCUT2D eigenvalue weighted by Crippen LogP contribution is 2.40. The quantitative estimate of drug-likeness (QED) is 0.624. The third-order valence-corrected chi connectivity index (χ3v) is 3.67. The van der Waals surface area contributed by atoms with E-state index < -0.39 is 16.0 Å². The highest BCUT2D eigenvalue weighted by molar-refractivity contribution is 5.67. The van der Waals surface area contributed by atoms with E-state index in [0.29, 0.717) is 22.6 Å². The van der Waals surface area contributed by atoms with Gasteiger partial charge in [-0.1, -0.05) is 18.2 Å². The average Bonchev–Trinajstić information content (AvgIpc) is 3.03. The van der Waals surface area contributed by atoms with Crippen LogP contribution >= 0.6 is 0 Å². The maximum Gasteiger partial charge on any atom is 0.291 e. The molecule has 3 rings (SSSR count). The van der Waals surface area contributed by atoms with Crippen molar-refractivity contribution in [3.05, 3.63) is 73.1 Å². The fourth-order valence-corrected chi connectivity index (χ4v) is 2.58. The maximum absolute atomic E-state index is 11.3. The second-order valence-corrected chi connectivity index (χ2v) is 5.00. The number of rotatable bonds is 4. The molecule has 0 saturated heterocycles. The molecule has 118 valence electrons. The lowest BCUT2D eigenvalue weighted by Gasteiger charge is -2.23. The van der Waals surface area contributed by atoms with E-state index >= 15 is 0 Å². The number of nitrogens with zero attached hydrogens (tertiary/aromatic N) is 2. The second-order valence-electron chi connectivity index (χ2n) is 5.00. The fourth-order valence-electron chi connectivity index (χ4n) is 2.58. The lowest BCUT2D eigenvalue weighted by molar-refractivity contribution is -0.432. The normalized spacial score (nSPS) is 19.0. The van der Waals surface area contributed by atoms with E-state index in [1.54, 1.807) is 24.3 Å². The average molecular weight is 316 g/mol. The van der Waals surface area contributed by atoms with E-state index in [-0.39, 0.29) is 17.8 Å². The number of hydrogen-bond acceptors (Lipinski definition) is 6. The maximum atomic E-state index is 11.3. The van der Waals surface area contributed by atoms with Crippen LogP contribution in [0.2, 0.25) is 0 Å². The first kappa shape index (κ1) is 14.8. The van der Waals surface area contributed by atoms with Gasteiger partial charge in [-0.05, 0) is 6.07 Å². The molecule has 1 aromatic carbocycles. The first-order chi connectivity index (χ1) is 11.0. The van der Waals surface area contributed by atoms with Gasteiger partial charge in [-0.25, -0.2) is 0 Å². The second kappa shape index (κ2) is 5.56. The van der Waals surface area contributed by atoms with Gasteiger partial charge in [0.05, 0.1) is 23.4 Å². The lowest BCUT2D eigenvalue weighted by atomic mass is 10.0. The molecule has 1 aliphatic heterocycles. The van der Waals surface area contributed by atoms with Crippen LogP contribution in [0, 0.1) is 20.2 Å². The van der Waals surface area contributed by atoms with Gasteiger partial charge in [-0.3, -0.25) is 20.2 Å². The summed E-state index contributed by atoms with van der Waals surface area (Å²) in [5.74, 6) is 0.831. The zero-order valence-corrected chi connectivity index (χ0v) is 12.1. The molecule has 1 aliphatic carbocycles. The molecule has 1 unspecified atom stereocenters. The first-order valence-corrected chi connectivity index (χ1v) is 6.76. The van der Waals surface area contributed by atoms with Crippen LogP contribution in [-0.2, 0) is 0 Å². The number of allylic oxidation sites excluding steroid dienone is 1. The van der Waals surface area contributed by atoms with E-state index in [9.17, 15) is 20.2 Å². The van der Waals surface area contributed by atoms with E-state index in [2.05, 4.69) is 0 Å². The number of methoxy groups -OCH3 is 1. The molecule has 2 aliphatic rings. The molecule has 0 spiro atoms. The van der Waals surface area contributed by atoms with Gasteiger partial charge in [-0.15, -0.1) is 0 Å². The van der Waals surface area contributed by atoms with Gasteiger partial charge >= 0.3 is 0 Å². The summed E-state index contributed by atoms with van der Waals surface area (Å²) in [6.45, 7) is 0. The lowest BCUT2D eigenvalue weighted by Crippen LogP contribution is -2.28. The zero-order chi connectivity index (χ0) is 16.6. The Labute approximate surface area is 130 Å². The fraction of sp³-hybridized carbons (Fsp3) is 0.200. The first-order valence-electron chi connectivity index (χ1n) is 6.76. The number of nitro groups is 2. The van der Waals surface area contributed by atoms with E-state index in [0.717, 1.165) is 0 Å². The molecule has 1 aromatic rings. The molecule has 0 N–H and O–H groups in total. The third kappa shape index (κ3) is 2.54. The summed E-state index contributed by atoms with van der Waals surface area (Å²) >= 11 is 0. The van der Waals surface area contributed by atoms with Crippen LogP contribution in [-0.4, -0.2) is 23.1 Å². The molecular weight excluding hydrogens is 304 g/mol. The van der Waals surface area contributed by atoms with Crippen LogP contribution in [0.25, 0.3) is 6.08 Å². The summed E-state index contributed by atoms with van der Waals surface area (Å²) in [6, 6.07) is 5.07. The van der Waals surface area contributed by atoms with Gasteiger partial charge in [0.1, 0.15) is 0 Å². The highest BCUT2D eigenvalue weighted by Gasteiger charge is 2.37. The Balaban J connectivity index is 2.05. The van der Waals surface area contributed by atoms with Crippen LogP contribution in [0.1, 0.15) is 12.0 Å². The van der Waals surface area contributed by atoms with Gasteiger partial charge in [0.2, 0.25) is 11.8 Å². The smallest absolute Gasteiger partial charge is 0.291 e. The van der Waals surface area contributed by atoms with Crippen molar-refractivity contribution in [3.8, 4) is 11.5 Å². The molecule has 0 amide bonds. The zero-order valence-electron chi connectivity index (χ0n) is 12.1. The van der Waals surface area contributed by atoms with Crippen LogP contribution in [0.4, 0.5) is 0 Å². The Bertz CT molecular complexity index is 793. The van der Waals surface area contributed by atoms with Crippen molar-refractivity contribution in [2.45, 2.75) is 12.5 Å². The van der Waals surface area contributed by atoms with Crippen molar-refractivity contribution in [3.63, 3.8) is 0 Å². The minimum atomic E-state index is -1.01. The molecule has 0 bridgehead atoms. The predicted molar refractivity (Wildman–Crippen MR) is 80.2 cm³/mol. The molecule has 8 nitrogen and oxygen atoms in total. The van der Waals surface area contributed by atoms with Gasteiger partial charge in [-0.2, -0.15) is 0 Å². The summed E-state index contributed by atoms with van der Waals surface area (Å²) in [4.78, 5) is 21.1. The van der Waals surface area contributed by atoms with Crippen molar-refractivity contribution < 1.29 is 19.3 Å². The summed E-state index contributed by atoms with van der Waals surface area (Å²) < 4.78 is 11.0. The molecule has 0 fully saturated rings. The monoisotopic (exact) mass is 316 g/mol. The topological polar surface area (TPSA) is 105 Å². The minimum Gasteiger partial charge on any atom is -0.493 e. The number of hydrogen-bond donors (Lipinski definition) is 0. The number of benzene rings is 1. The largest absolute Gasteiger partial charge is 0.493 e. The van der Waals surface area contributed by atoms with E-state index in [1.165, 1.54) is 19.3 Å². The van der Waals surface area contributed by atoms with Crippen molar-refractivity contribution in [2.24, 2.45) is 0 Å². The van der Waals surface area contributed by atoms with Crippen molar-refractivity contribution in [1.29, 1.82) is 0 Å². The predicted octanol–water partition coefficient (Wildman–Crippen LogP) is 2.56. The third-order valence-electron chi connectivity index (χ3n) is 3.67. The Morgan fingerprint density at radius 1 is 1.22 bits per heavy atom. The summed E-state index contributed by atoms with van der Waals surface area (Å²) in [5.41, 5.74) is 0.746. The van der Waals surface area contributed by atoms with Crippen LogP contribution < -0.4 is 9.47 Å². The summed E-state index contributed by atoms with van der Waals surface area (Å²) in [5, 5.41) is 22.2. The van der Waals surface area contributed by atoms with Crippen molar-refractivity contribution in [2.75, 3.05) is 7.11 Å².